The minimum atomic E-state index is -0.992. The largest absolute Gasteiger partial charge is 0.481 e. The van der Waals surface area contributed by atoms with E-state index in [4.69, 9.17) is 28.3 Å². The Hall–Kier alpha value is -1.06. The van der Waals surface area contributed by atoms with Crippen molar-refractivity contribution in [3.05, 3.63) is 33.8 Å². The first-order valence-corrected chi connectivity index (χ1v) is 5.38. The zero-order chi connectivity index (χ0) is 12.3. The van der Waals surface area contributed by atoms with E-state index < -0.39 is 11.9 Å². The van der Waals surface area contributed by atoms with E-state index in [-0.39, 0.29) is 17.2 Å². The molecule has 0 aliphatic carbocycles. The molecule has 0 unspecified atom stereocenters. The SMILES string of the molecule is C[C@@H](CC(=O)c1ccc(Cl)c(Cl)c1)C(=O)O. The highest BCUT2D eigenvalue weighted by molar-refractivity contribution is 6.42. The Kier molecular flexibility index (Phi) is 4.33. The molecule has 16 heavy (non-hydrogen) atoms. The lowest BCUT2D eigenvalue weighted by molar-refractivity contribution is -0.141. The second kappa shape index (κ2) is 5.32. The molecule has 86 valence electrons. The predicted octanol–water partition coefficient (Wildman–Crippen LogP) is 3.29. The average molecular weight is 261 g/mol. The fourth-order valence-corrected chi connectivity index (χ4v) is 1.45. The number of Topliss-reactive ketones (excluding diaryl/α,β-unsaturated/α-hetero) is 1. The Morgan fingerprint density at radius 3 is 2.44 bits per heavy atom. The first-order valence-electron chi connectivity index (χ1n) is 4.63. The van der Waals surface area contributed by atoms with Crippen molar-refractivity contribution in [2.24, 2.45) is 5.92 Å². The number of hydrogen-bond acceptors (Lipinski definition) is 2. The van der Waals surface area contributed by atoms with Crippen LogP contribution in [-0.2, 0) is 4.79 Å². The second-order valence-electron chi connectivity index (χ2n) is 3.50. The number of carboxylic acid groups (broad SMARTS) is 1. The van der Waals surface area contributed by atoms with Gasteiger partial charge < -0.3 is 5.11 Å². The fourth-order valence-electron chi connectivity index (χ4n) is 1.15. The van der Waals surface area contributed by atoms with Crippen LogP contribution in [0.4, 0.5) is 0 Å². The lowest BCUT2D eigenvalue weighted by Gasteiger charge is -2.05. The van der Waals surface area contributed by atoms with Gasteiger partial charge in [-0.25, -0.2) is 0 Å². The molecule has 0 heterocycles. The monoisotopic (exact) mass is 260 g/mol. The molecule has 1 aromatic rings. The van der Waals surface area contributed by atoms with Gasteiger partial charge in [0.2, 0.25) is 0 Å². The van der Waals surface area contributed by atoms with E-state index >= 15 is 0 Å². The molecule has 0 aromatic heterocycles. The van der Waals surface area contributed by atoms with Crippen LogP contribution in [0.25, 0.3) is 0 Å². The fraction of sp³-hybridized carbons (Fsp3) is 0.273. The second-order valence-corrected chi connectivity index (χ2v) is 4.31. The van der Waals surface area contributed by atoms with Gasteiger partial charge in [0.15, 0.2) is 5.78 Å². The highest BCUT2D eigenvalue weighted by Gasteiger charge is 2.17. The first-order chi connectivity index (χ1) is 7.41. The van der Waals surface area contributed by atoms with Crippen molar-refractivity contribution >= 4 is 35.0 Å². The summed E-state index contributed by atoms with van der Waals surface area (Å²) >= 11 is 11.5. The van der Waals surface area contributed by atoms with E-state index in [2.05, 4.69) is 0 Å². The molecule has 0 radical (unpaired) electrons. The number of halogens is 2. The summed E-state index contributed by atoms with van der Waals surface area (Å²) in [5.74, 6) is -1.95. The van der Waals surface area contributed by atoms with Crippen molar-refractivity contribution < 1.29 is 14.7 Å². The molecule has 0 aliphatic rings. The van der Waals surface area contributed by atoms with Crippen LogP contribution in [0.5, 0.6) is 0 Å². The third kappa shape index (κ3) is 3.22. The number of aliphatic carboxylic acids is 1. The van der Waals surface area contributed by atoms with Gasteiger partial charge in [-0.3, -0.25) is 9.59 Å². The zero-order valence-corrected chi connectivity index (χ0v) is 10.0. The number of carboxylic acids is 1. The van der Waals surface area contributed by atoms with Crippen LogP contribution in [0, 0.1) is 5.92 Å². The number of carbonyl (C=O) groups excluding carboxylic acids is 1. The molecule has 0 aliphatic heterocycles. The predicted molar refractivity (Wildman–Crippen MR) is 62.2 cm³/mol. The van der Waals surface area contributed by atoms with Gasteiger partial charge in [-0.1, -0.05) is 30.1 Å². The van der Waals surface area contributed by atoms with Crippen molar-refractivity contribution in [3.8, 4) is 0 Å². The van der Waals surface area contributed by atoms with Gasteiger partial charge in [-0.05, 0) is 18.2 Å². The summed E-state index contributed by atoms with van der Waals surface area (Å²) in [6.45, 7) is 1.48. The molecule has 5 heteroatoms. The number of ketones is 1. The minimum absolute atomic E-state index is 0.0483. The van der Waals surface area contributed by atoms with E-state index in [1.165, 1.54) is 25.1 Å². The Balaban J connectivity index is 2.81. The van der Waals surface area contributed by atoms with Crippen LogP contribution in [0.15, 0.2) is 18.2 Å². The molecular weight excluding hydrogens is 251 g/mol. The van der Waals surface area contributed by atoms with Gasteiger partial charge >= 0.3 is 5.97 Å². The number of rotatable bonds is 4. The quantitative estimate of drug-likeness (QED) is 0.846. The summed E-state index contributed by atoms with van der Waals surface area (Å²) in [6, 6.07) is 4.49. The molecule has 0 amide bonds. The molecule has 0 saturated carbocycles. The van der Waals surface area contributed by atoms with E-state index in [0.717, 1.165) is 0 Å². The maximum absolute atomic E-state index is 11.7. The summed E-state index contributed by atoms with van der Waals surface area (Å²) in [6.07, 6.45) is -0.0483. The standard InChI is InChI=1S/C11H10Cl2O3/c1-6(11(15)16)4-10(14)7-2-3-8(12)9(13)5-7/h2-3,5-6H,4H2,1H3,(H,15,16)/t6-/m0/s1. The molecule has 1 aromatic carbocycles. The number of hydrogen-bond donors (Lipinski definition) is 1. The summed E-state index contributed by atoms with van der Waals surface area (Å²) in [5.41, 5.74) is 0.377. The molecule has 0 fully saturated rings. The summed E-state index contributed by atoms with van der Waals surface area (Å²) in [5, 5.41) is 9.33. The van der Waals surface area contributed by atoms with Crippen LogP contribution in [0.1, 0.15) is 23.7 Å². The Morgan fingerprint density at radius 2 is 1.94 bits per heavy atom. The summed E-state index contributed by atoms with van der Waals surface area (Å²) < 4.78 is 0. The van der Waals surface area contributed by atoms with Crippen LogP contribution in [0.3, 0.4) is 0 Å². The topological polar surface area (TPSA) is 54.4 Å². The summed E-state index contributed by atoms with van der Waals surface area (Å²) in [7, 11) is 0. The van der Waals surface area contributed by atoms with Gasteiger partial charge in [-0.15, -0.1) is 0 Å². The van der Waals surface area contributed by atoms with Crippen molar-refractivity contribution in [2.45, 2.75) is 13.3 Å². The van der Waals surface area contributed by atoms with Crippen LogP contribution < -0.4 is 0 Å². The molecule has 1 rings (SSSR count). The molecule has 1 N–H and O–H groups in total. The van der Waals surface area contributed by atoms with E-state index in [0.29, 0.717) is 10.6 Å². The third-order valence-electron chi connectivity index (χ3n) is 2.15. The Bertz CT molecular complexity index is 429. The van der Waals surface area contributed by atoms with Crippen molar-refractivity contribution in [1.29, 1.82) is 0 Å². The van der Waals surface area contributed by atoms with Crippen LogP contribution >= 0.6 is 23.2 Å². The molecule has 0 bridgehead atoms. The minimum Gasteiger partial charge on any atom is -0.481 e. The molecular formula is C11H10Cl2O3. The highest BCUT2D eigenvalue weighted by atomic mass is 35.5. The lowest BCUT2D eigenvalue weighted by atomic mass is 10.00. The average Bonchev–Trinajstić information content (AvgIpc) is 2.21. The van der Waals surface area contributed by atoms with Gasteiger partial charge in [0, 0.05) is 12.0 Å². The van der Waals surface area contributed by atoms with Crippen molar-refractivity contribution in [2.75, 3.05) is 0 Å². The number of carbonyl (C=O) groups is 2. The van der Waals surface area contributed by atoms with Crippen LogP contribution in [0.2, 0.25) is 10.0 Å². The zero-order valence-electron chi connectivity index (χ0n) is 8.54. The van der Waals surface area contributed by atoms with Crippen molar-refractivity contribution in [3.63, 3.8) is 0 Å². The first kappa shape index (κ1) is 13.0. The lowest BCUT2D eigenvalue weighted by Crippen LogP contribution is -2.14. The molecule has 1 atom stereocenters. The maximum atomic E-state index is 11.7. The highest BCUT2D eigenvalue weighted by Crippen LogP contribution is 2.23. The smallest absolute Gasteiger partial charge is 0.306 e. The Morgan fingerprint density at radius 1 is 1.31 bits per heavy atom. The van der Waals surface area contributed by atoms with E-state index in [9.17, 15) is 9.59 Å². The van der Waals surface area contributed by atoms with Crippen LogP contribution in [-0.4, -0.2) is 16.9 Å². The molecule has 0 saturated heterocycles. The maximum Gasteiger partial charge on any atom is 0.306 e. The van der Waals surface area contributed by atoms with Gasteiger partial charge in [0.05, 0.1) is 16.0 Å². The van der Waals surface area contributed by atoms with Gasteiger partial charge in [0.1, 0.15) is 0 Å². The van der Waals surface area contributed by atoms with E-state index in [1.807, 2.05) is 0 Å². The third-order valence-corrected chi connectivity index (χ3v) is 2.89. The van der Waals surface area contributed by atoms with Crippen molar-refractivity contribution in [1.82, 2.24) is 0 Å². The molecule has 3 nitrogen and oxygen atoms in total. The van der Waals surface area contributed by atoms with Gasteiger partial charge in [0.25, 0.3) is 0 Å². The summed E-state index contributed by atoms with van der Waals surface area (Å²) in [4.78, 5) is 22.2. The van der Waals surface area contributed by atoms with E-state index in [1.54, 1.807) is 0 Å². The normalized spacial score (nSPS) is 12.2. The van der Waals surface area contributed by atoms with Gasteiger partial charge in [-0.2, -0.15) is 0 Å². The number of benzene rings is 1. The molecule has 0 spiro atoms. The Labute approximate surface area is 103 Å².